The molecule has 0 aromatic heterocycles. The molecule has 0 aliphatic heterocycles. The lowest BCUT2D eigenvalue weighted by Gasteiger charge is -2.20. The topological polar surface area (TPSA) is 59.0 Å². The van der Waals surface area contributed by atoms with Crippen molar-refractivity contribution in [3.63, 3.8) is 0 Å². The van der Waals surface area contributed by atoms with Gasteiger partial charge in [0, 0.05) is 6.42 Å². The van der Waals surface area contributed by atoms with Crippen molar-refractivity contribution in [3.8, 4) is 11.8 Å². The SMILES string of the molecule is Cc1cc(O[C@H](CCN)c2ccccc2)c(C#N)cc1F. The quantitative estimate of drug-likeness (QED) is 0.914. The number of nitrogens with two attached hydrogens (primary N) is 1. The Bertz CT molecular complexity index is 650. The van der Waals surface area contributed by atoms with E-state index < -0.39 is 5.82 Å². The third-order valence-corrected chi connectivity index (χ3v) is 3.25. The highest BCUT2D eigenvalue weighted by atomic mass is 19.1. The standard InChI is InChI=1S/C17H17FN2O/c1-12-9-17(14(11-20)10-15(12)18)21-16(7-8-19)13-5-3-2-4-6-13/h2-6,9-10,16H,7-8,19H2,1H3/t16-/m1/s1. The van der Waals surface area contributed by atoms with E-state index in [0.717, 1.165) is 5.56 Å². The third kappa shape index (κ3) is 3.59. The second kappa shape index (κ2) is 6.87. The highest BCUT2D eigenvalue weighted by Gasteiger charge is 2.16. The molecule has 2 aromatic rings. The van der Waals surface area contributed by atoms with Crippen molar-refractivity contribution in [3.05, 3.63) is 65.0 Å². The van der Waals surface area contributed by atoms with Crippen LogP contribution in [0.4, 0.5) is 4.39 Å². The number of hydrogen-bond donors (Lipinski definition) is 1. The molecule has 1 atom stereocenters. The molecule has 0 amide bonds. The second-order valence-electron chi connectivity index (χ2n) is 4.80. The minimum Gasteiger partial charge on any atom is -0.484 e. The van der Waals surface area contributed by atoms with Gasteiger partial charge in [0.2, 0.25) is 0 Å². The van der Waals surface area contributed by atoms with E-state index in [9.17, 15) is 4.39 Å². The third-order valence-electron chi connectivity index (χ3n) is 3.25. The van der Waals surface area contributed by atoms with Crippen LogP contribution in [0.25, 0.3) is 0 Å². The molecule has 0 heterocycles. The highest BCUT2D eigenvalue weighted by molar-refractivity contribution is 5.46. The largest absolute Gasteiger partial charge is 0.484 e. The fourth-order valence-corrected chi connectivity index (χ4v) is 2.11. The Labute approximate surface area is 123 Å². The number of halogens is 1. The number of rotatable bonds is 5. The van der Waals surface area contributed by atoms with Crippen molar-refractivity contribution < 1.29 is 9.13 Å². The van der Waals surface area contributed by atoms with E-state index in [1.165, 1.54) is 6.07 Å². The molecule has 0 bridgehead atoms. The maximum absolute atomic E-state index is 13.5. The van der Waals surface area contributed by atoms with Crippen molar-refractivity contribution in [1.82, 2.24) is 0 Å². The lowest BCUT2D eigenvalue weighted by atomic mass is 10.1. The van der Waals surface area contributed by atoms with Crippen molar-refractivity contribution in [2.45, 2.75) is 19.4 Å². The predicted octanol–water partition coefficient (Wildman–Crippen LogP) is 3.47. The van der Waals surface area contributed by atoms with Gasteiger partial charge in [0.05, 0.1) is 5.56 Å². The summed E-state index contributed by atoms with van der Waals surface area (Å²) >= 11 is 0. The highest BCUT2D eigenvalue weighted by Crippen LogP contribution is 2.29. The second-order valence-corrected chi connectivity index (χ2v) is 4.80. The first-order valence-corrected chi connectivity index (χ1v) is 6.77. The summed E-state index contributed by atoms with van der Waals surface area (Å²) in [5.41, 5.74) is 7.26. The zero-order chi connectivity index (χ0) is 15.2. The predicted molar refractivity (Wildman–Crippen MR) is 79.3 cm³/mol. The van der Waals surface area contributed by atoms with Crippen molar-refractivity contribution in [1.29, 1.82) is 5.26 Å². The van der Waals surface area contributed by atoms with Gasteiger partial charge in [-0.2, -0.15) is 5.26 Å². The molecule has 2 aromatic carbocycles. The van der Waals surface area contributed by atoms with Crippen molar-refractivity contribution in [2.75, 3.05) is 6.54 Å². The molecule has 0 aliphatic carbocycles. The Kier molecular flexibility index (Phi) is 4.91. The van der Waals surface area contributed by atoms with Gasteiger partial charge in [-0.15, -0.1) is 0 Å². The molecular formula is C17H17FN2O. The average Bonchev–Trinajstić information content (AvgIpc) is 2.51. The molecule has 3 nitrogen and oxygen atoms in total. The molecule has 0 aliphatic rings. The Balaban J connectivity index is 2.34. The van der Waals surface area contributed by atoms with Gasteiger partial charge in [-0.05, 0) is 36.7 Å². The fourth-order valence-electron chi connectivity index (χ4n) is 2.11. The zero-order valence-electron chi connectivity index (χ0n) is 11.8. The molecule has 0 saturated heterocycles. The van der Waals surface area contributed by atoms with Gasteiger partial charge in [0.15, 0.2) is 0 Å². The van der Waals surface area contributed by atoms with E-state index >= 15 is 0 Å². The van der Waals surface area contributed by atoms with E-state index in [1.807, 2.05) is 36.4 Å². The summed E-state index contributed by atoms with van der Waals surface area (Å²) < 4.78 is 19.5. The summed E-state index contributed by atoms with van der Waals surface area (Å²) in [5.74, 6) is -0.0207. The summed E-state index contributed by atoms with van der Waals surface area (Å²) in [6, 6.07) is 14.4. The van der Waals surface area contributed by atoms with Crippen LogP contribution in [-0.4, -0.2) is 6.54 Å². The van der Waals surface area contributed by atoms with E-state index in [4.69, 9.17) is 15.7 Å². The van der Waals surface area contributed by atoms with Crippen LogP contribution in [0.5, 0.6) is 5.75 Å². The molecule has 0 radical (unpaired) electrons. The first-order valence-electron chi connectivity index (χ1n) is 6.77. The first-order chi connectivity index (χ1) is 10.2. The van der Waals surface area contributed by atoms with Crippen LogP contribution in [-0.2, 0) is 0 Å². The van der Waals surface area contributed by atoms with Gasteiger partial charge in [0.1, 0.15) is 23.7 Å². The van der Waals surface area contributed by atoms with Crippen LogP contribution in [0, 0.1) is 24.1 Å². The van der Waals surface area contributed by atoms with Gasteiger partial charge in [-0.1, -0.05) is 30.3 Å². The summed E-state index contributed by atoms with van der Waals surface area (Å²) in [4.78, 5) is 0. The molecule has 0 spiro atoms. The van der Waals surface area contributed by atoms with Crippen LogP contribution in [0.2, 0.25) is 0 Å². The summed E-state index contributed by atoms with van der Waals surface area (Å²) in [7, 11) is 0. The maximum atomic E-state index is 13.5. The van der Waals surface area contributed by atoms with Gasteiger partial charge >= 0.3 is 0 Å². The molecule has 2 N–H and O–H groups in total. The number of nitriles is 1. The number of nitrogens with zero attached hydrogens (tertiary/aromatic N) is 1. The van der Waals surface area contributed by atoms with Crippen LogP contribution < -0.4 is 10.5 Å². The lowest BCUT2D eigenvalue weighted by Crippen LogP contribution is -2.14. The minimum atomic E-state index is -0.408. The van der Waals surface area contributed by atoms with E-state index in [0.29, 0.717) is 24.3 Å². The Hall–Kier alpha value is -2.38. The van der Waals surface area contributed by atoms with Crippen LogP contribution in [0.1, 0.15) is 29.2 Å². The summed E-state index contributed by atoms with van der Waals surface area (Å²) in [5, 5.41) is 9.13. The van der Waals surface area contributed by atoms with Gasteiger partial charge in [-0.25, -0.2) is 4.39 Å². The van der Waals surface area contributed by atoms with Crippen LogP contribution in [0.3, 0.4) is 0 Å². The van der Waals surface area contributed by atoms with E-state index in [1.54, 1.807) is 13.0 Å². The normalized spacial score (nSPS) is 11.7. The van der Waals surface area contributed by atoms with Crippen LogP contribution in [0.15, 0.2) is 42.5 Å². The Morgan fingerprint density at radius 3 is 2.62 bits per heavy atom. The Morgan fingerprint density at radius 2 is 2.00 bits per heavy atom. The zero-order valence-corrected chi connectivity index (χ0v) is 11.8. The molecule has 4 heteroatoms. The molecule has 21 heavy (non-hydrogen) atoms. The Morgan fingerprint density at radius 1 is 1.29 bits per heavy atom. The minimum absolute atomic E-state index is 0.191. The molecular weight excluding hydrogens is 267 g/mol. The fraction of sp³-hybridized carbons (Fsp3) is 0.235. The maximum Gasteiger partial charge on any atom is 0.138 e. The van der Waals surface area contributed by atoms with E-state index in [2.05, 4.69) is 0 Å². The smallest absolute Gasteiger partial charge is 0.138 e. The van der Waals surface area contributed by atoms with Crippen molar-refractivity contribution in [2.24, 2.45) is 5.73 Å². The number of hydrogen-bond acceptors (Lipinski definition) is 3. The van der Waals surface area contributed by atoms with Crippen molar-refractivity contribution >= 4 is 0 Å². The number of benzene rings is 2. The molecule has 0 saturated carbocycles. The number of aryl methyl sites for hydroxylation is 1. The average molecular weight is 284 g/mol. The first kappa shape index (κ1) is 15.0. The lowest BCUT2D eigenvalue weighted by molar-refractivity contribution is 0.197. The van der Waals surface area contributed by atoms with Gasteiger partial charge in [-0.3, -0.25) is 0 Å². The van der Waals surface area contributed by atoms with Gasteiger partial charge < -0.3 is 10.5 Å². The molecule has 0 unspecified atom stereocenters. The van der Waals surface area contributed by atoms with Gasteiger partial charge in [0.25, 0.3) is 0 Å². The summed E-state index contributed by atoms with van der Waals surface area (Å²) in [6.07, 6.45) is 0.360. The molecule has 0 fully saturated rings. The van der Waals surface area contributed by atoms with E-state index in [-0.39, 0.29) is 11.7 Å². The monoisotopic (exact) mass is 284 g/mol. The summed E-state index contributed by atoms with van der Waals surface area (Å²) in [6.45, 7) is 2.10. The molecule has 2 rings (SSSR count). The molecule has 108 valence electrons. The number of ether oxygens (including phenoxy) is 1. The van der Waals surface area contributed by atoms with Crippen LogP contribution >= 0.6 is 0 Å².